The number of halogens is 1. The number of hydrogen-bond acceptors (Lipinski definition) is 4. The van der Waals surface area contributed by atoms with E-state index in [0.29, 0.717) is 29.0 Å². The van der Waals surface area contributed by atoms with Crippen molar-refractivity contribution in [2.24, 2.45) is 23.2 Å². The van der Waals surface area contributed by atoms with E-state index in [1.54, 1.807) is 6.07 Å². The second kappa shape index (κ2) is 8.05. The lowest BCUT2D eigenvalue weighted by Crippen LogP contribution is -2.51. The molecular formula is C28H26BrNO3. The first-order chi connectivity index (χ1) is 16.0. The van der Waals surface area contributed by atoms with Crippen LogP contribution in [-0.2, 0) is 9.53 Å². The van der Waals surface area contributed by atoms with Crippen molar-refractivity contribution in [1.29, 1.82) is 0 Å². The number of nitrogens with zero attached hydrogens (tertiary/aromatic N) is 1. The van der Waals surface area contributed by atoms with Gasteiger partial charge in [0.1, 0.15) is 0 Å². The van der Waals surface area contributed by atoms with E-state index >= 15 is 0 Å². The van der Waals surface area contributed by atoms with E-state index in [1.807, 2.05) is 48.5 Å². The van der Waals surface area contributed by atoms with Crippen molar-refractivity contribution in [3.05, 3.63) is 64.6 Å². The highest BCUT2D eigenvalue weighted by Gasteiger charge is 2.54. The molecule has 0 unspecified atom stereocenters. The van der Waals surface area contributed by atoms with Crippen LogP contribution >= 0.6 is 15.9 Å². The molecule has 0 atom stereocenters. The maximum absolute atomic E-state index is 13.3. The molecule has 2 aromatic carbocycles. The Morgan fingerprint density at radius 2 is 1.64 bits per heavy atom. The van der Waals surface area contributed by atoms with E-state index < -0.39 is 5.97 Å². The Morgan fingerprint density at radius 1 is 0.939 bits per heavy atom. The lowest BCUT2D eigenvalue weighted by molar-refractivity contribution is -0.147. The quantitative estimate of drug-likeness (QED) is 0.367. The summed E-state index contributed by atoms with van der Waals surface area (Å²) in [5.41, 5.74) is 2.54. The highest BCUT2D eigenvalue weighted by Crippen LogP contribution is 2.60. The van der Waals surface area contributed by atoms with Crippen LogP contribution in [0.4, 0.5) is 0 Å². The summed E-state index contributed by atoms with van der Waals surface area (Å²) >= 11 is 3.51. The van der Waals surface area contributed by atoms with Crippen LogP contribution in [0.1, 0.15) is 48.9 Å². The van der Waals surface area contributed by atoms with Gasteiger partial charge in [0.2, 0.25) is 0 Å². The Balaban J connectivity index is 1.27. The molecule has 4 aliphatic rings. The molecule has 1 aromatic heterocycles. The Bertz CT molecular complexity index is 1230. The molecule has 168 valence electrons. The van der Waals surface area contributed by atoms with Gasteiger partial charge >= 0.3 is 5.97 Å². The van der Waals surface area contributed by atoms with Crippen LogP contribution < -0.4 is 0 Å². The molecule has 4 fully saturated rings. The van der Waals surface area contributed by atoms with E-state index in [9.17, 15) is 9.59 Å². The summed E-state index contributed by atoms with van der Waals surface area (Å²) < 4.78 is 6.62. The van der Waals surface area contributed by atoms with E-state index in [4.69, 9.17) is 9.72 Å². The van der Waals surface area contributed by atoms with E-state index in [2.05, 4.69) is 15.9 Å². The molecule has 0 amide bonds. The number of esters is 1. The molecule has 5 heteroatoms. The zero-order chi connectivity index (χ0) is 22.6. The fourth-order valence-corrected chi connectivity index (χ4v) is 7.35. The van der Waals surface area contributed by atoms with Crippen molar-refractivity contribution >= 4 is 38.6 Å². The van der Waals surface area contributed by atoms with Gasteiger partial charge in [-0.15, -0.1) is 0 Å². The van der Waals surface area contributed by atoms with E-state index in [0.717, 1.165) is 40.2 Å². The molecule has 0 N–H and O–H groups in total. The van der Waals surface area contributed by atoms with Crippen LogP contribution in [0.25, 0.3) is 22.2 Å². The zero-order valence-corrected chi connectivity index (χ0v) is 20.0. The second-order valence-electron chi connectivity index (χ2n) is 10.3. The van der Waals surface area contributed by atoms with E-state index in [1.165, 1.54) is 19.3 Å². The normalized spacial score (nSPS) is 27.6. The van der Waals surface area contributed by atoms with Gasteiger partial charge in [-0.05, 0) is 80.5 Å². The first-order valence-electron chi connectivity index (χ1n) is 11.9. The van der Waals surface area contributed by atoms with Gasteiger partial charge in [0.25, 0.3) is 0 Å². The third kappa shape index (κ3) is 3.80. The van der Waals surface area contributed by atoms with Gasteiger partial charge in [-0.3, -0.25) is 4.79 Å². The number of carbonyl (C=O) groups is 2. The van der Waals surface area contributed by atoms with Gasteiger partial charge < -0.3 is 4.74 Å². The molecular weight excluding hydrogens is 478 g/mol. The fourth-order valence-electron chi connectivity index (χ4n) is 6.95. The number of pyridine rings is 1. The number of hydrogen-bond donors (Lipinski definition) is 0. The number of para-hydroxylation sites is 1. The number of aromatic nitrogens is 1. The van der Waals surface area contributed by atoms with Crippen molar-refractivity contribution in [2.45, 2.75) is 38.5 Å². The number of Topliss-reactive ketones (excluding diaryl/α,β-unsaturated/α-hetero) is 1. The number of rotatable bonds is 5. The summed E-state index contributed by atoms with van der Waals surface area (Å²) in [6.07, 6.45) is 6.82. The summed E-state index contributed by atoms with van der Waals surface area (Å²) in [5.74, 6) is 1.73. The Labute approximate surface area is 201 Å². The first-order valence-corrected chi connectivity index (χ1v) is 12.6. The predicted octanol–water partition coefficient (Wildman–Crippen LogP) is 6.61. The molecule has 4 nitrogen and oxygen atoms in total. The molecule has 33 heavy (non-hydrogen) atoms. The van der Waals surface area contributed by atoms with Crippen LogP contribution in [-0.4, -0.2) is 23.3 Å². The maximum atomic E-state index is 13.3. The lowest BCUT2D eigenvalue weighted by Gasteiger charge is -2.55. The van der Waals surface area contributed by atoms with Crippen LogP contribution in [0.2, 0.25) is 0 Å². The zero-order valence-electron chi connectivity index (χ0n) is 18.4. The lowest BCUT2D eigenvalue weighted by atomic mass is 9.48. The highest BCUT2D eigenvalue weighted by atomic mass is 79.9. The Hall–Kier alpha value is -2.53. The smallest absolute Gasteiger partial charge is 0.339 e. The van der Waals surface area contributed by atoms with Gasteiger partial charge in [-0.25, -0.2) is 9.78 Å². The molecule has 0 radical (unpaired) electrons. The van der Waals surface area contributed by atoms with Crippen LogP contribution in [0.5, 0.6) is 0 Å². The third-order valence-corrected chi connectivity index (χ3v) is 8.51. The van der Waals surface area contributed by atoms with Crippen molar-refractivity contribution in [3.8, 4) is 11.3 Å². The summed E-state index contributed by atoms with van der Waals surface area (Å²) in [6, 6.07) is 17.2. The fraction of sp³-hybridized carbons (Fsp3) is 0.393. The van der Waals surface area contributed by atoms with Gasteiger partial charge in [-0.1, -0.05) is 46.3 Å². The first kappa shape index (κ1) is 21.0. The summed E-state index contributed by atoms with van der Waals surface area (Å²) in [5, 5.41) is 0.739. The number of benzene rings is 2. The molecule has 4 saturated carbocycles. The predicted molar refractivity (Wildman–Crippen MR) is 131 cm³/mol. The third-order valence-electron chi connectivity index (χ3n) is 8.02. The number of ketones is 1. The summed E-state index contributed by atoms with van der Waals surface area (Å²) in [7, 11) is 0. The van der Waals surface area contributed by atoms with Crippen molar-refractivity contribution in [2.75, 3.05) is 6.61 Å². The van der Waals surface area contributed by atoms with Crippen LogP contribution in [0.3, 0.4) is 0 Å². The van der Waals surface area contributed by atoms with Gasteiger partial charge in [0.05, 0.1) is 16.8 Å². The Morgan fingerprint density at radius 3 is 2.33 bits per heavy atom. The van der Waals surface area contributed by atoms with Crippen LogP contribution in [0.15, 0.2) is 59.1 Å². The summed E-state index contributed by atoms with van der Waals surface area (Å²) in [6.45, 7) is -0.131. The molecule has 4 aliphatic carbocycles. The average molecular weight is 504 g/mol. The molecule has 0 saturated heterocycles. The molecule has 7 rings (SSSR count). The minimum absolute atomic E-state index is 0.125. The van der Waals surface area contributed by atoms with E-state index in [-0.39, 0.29) is 17.8 Å². The molecule has 1 heterocycles. The SMILES string of the molecule is O=C(OCC(=O)C12CC3CC(CC(C3)C1)C2)c1cc(-c2cccc(Br)c2)nc2ccccc12. The van der Waals surface area contributed by atoms with Crippen molar-refractivity contribution in [3.63, 3.8) is 0 Å². The number of carbonyl (C=O) groups excluding carboxylic acids is 2. The Kier molecular flexibility index (Phi) is 5.13. The summed E-state index contributed by atoms with van der Waals surface area (Å²) in [4.78, 5) is 31.3. The van der Waals surface area contributed by atoms with Crippen molar-refractivity contribution in [1.82, 2.24) is 4.98 Å². The second-order valence-corrected chi connectivity index (χ2v) is 11.2. The monoisotopic (exact) mass is 503 g/mol. The van der Waals surface area contributed by atoms with Crippen LogP contribution in [0, 0.1) is 23.2 Å². The number of ether oxygens (including phenoxy) is 1. The number of fused-ring (bicyclic) bond motifs is 1. The minimum atomic E-state index is -0.456. The molecule has 0 spiro atoms. The van der Waals surface area contributed by atoms with Gasteiger partial charge in [0.15, 0.2) is 12.4 Å². The standard InChI is InChI=1S/C28H26BrNO3/c29-21-5-3-4-20(11-21)25-12-23(22-6-1-2-7-24(22)30-25)27(32)33-16-26(31)28-13-17-8-18(14-28)10-19(9-17)15-28/h1-7,11-12,17-19H,8-10,13-16H2. The largest absolute Gasteiger partial charge is 0.454 e. The maximum Gasteiger partial charge on any atom is 0.339 e. The van der Waals surface area contributed by atoms with Crippen molar-refractivity contribution < 1.29 is 14.3 Å². The molecule has 0 aliphatic heterocycles. The molecule has 3 aromatic rings. The topological polar surface area (TPSA) is 56.3 Å². The van der Waals surface area contributed by atoms with Gasteiger partial charge in [0, 0.05) is 20.8 Å². The minimum Gasteiger partial charge on any atom is -0.454 e. The highest BCUT2D eigenvalue weighted by molar-refractivity contribution is 9.10. The van der Waals surface area contributed by atoms with Gasteiger partial charge in [-0.2, -0.15) is 0 Å². The average Bonchev–Trinajstić information content (AvgIpc) is 2.80. The molecule has 4 bridgehead atoms.